The first-order valence-electron chi connectivity index (χ1n) is 11.9. The first-order valence-corrected chi connectivity index (χ1v) is 14.5. The third-order valence-electron chi connectivity index (χ3n) is 6.28. The summed E-state index contributed by atoms with van der Waals surface area (Å²) in [5.74, 6) is 0. The molecule has 0 saturated heterocycles. The molecule has 0 bridgehead atoms. The van der Waals surface area contributed by atoms with Gasteiger partial charge < -0.3 is 4.90 Å². The molecule has 0 aliphatic heterocycles. The molecule has 1 aromatic heterocycles. The molecule has 3 rings (SSSR count). The fraction of sp³-hybridized carbons (Fsp3) is 0.652. The van der Waals surface area contributed by atoms with Gasteiger partial charge in [0.25, 0.3) is 0 Å². The predicted molar refractivity (Wildman–Crippen MR) is 136 cm³/mol. The van der Waals surface area contributed by atoms with Crippen LogP contribution in [0.3, 0.4) is 0 Å². The lowest BCUT2D eigenvalue weighted by molar-refractivity contribution is 0.274. The van der Waals surface area contributed by atoms with Gasteiger partial charge >= 0.3 is 0 Å². The largest absolute Gasteiger partial charge is 0.303 e. The lowest BCUT2D eigenvalue weighted by Crippen LogP contribution is -2.38. The van der Waals surface area contributed by atoms with Crippen molar-refractivity contribution in [3.05, 3.63) is 28.0 Å². The van der Waals surface area contributed by atoms with Crippen LogP contribution in [0, 0.1) is 0 Å². The molecule has 0 spiro atoms. The Labute approximate surface area is 207 Å². The highest BCUT2D eigenvalue weighted by Gasteiger charge is 2.27. The number of hydrogen-bond acceptors (Lipinski definition) is 6. The average molecular weight is 514 g/mol. The van der Waals surface area contributed by atoms with E-state index in [2.05, 4.69) is 23.8 Å². The Hall–Kier alpha value is -1.26. The summed E-state index contributed by atoms with van der Waals surface area (Å²) in [6.45, 7) is 9.30. The van der Waals surface area contributed by atoms with Crippen LogP contribution in [-0.2, 0) is 17.1 Å². The van der Waals surface area contributed by atoms with Crippen LogP contribution in [0.2, 0.25) is 5.02 Å². The van der Waals surface area contributed by atoms with Crippen molar-refractivity contribution in [2.45, 2.75) is 63.8 Å². The van der Waals surface area contributed by atoms with Crippen molar-refractivity contribution in [3.63, 3.8) is 0 Å². The SMILES string of the molecule is CCN(CC)CCN(CC)S(=O)(=O)c1cc(-c2nn(C)/c(=N\C3CCCCC3)s2)ccc1Cl. The Balaban J connectivity index is 1.90. The number of benzene rings is 1. The Morgan fingerprint density at radius 2 is 1.82 bits per heavy atom. The second-order valence-electron chi connectivity index (χ2n) is 8.40. The first-order chi connectivity index (χ1) is 15.8. The summed E-state index contributed by atoms with van der Waals surface area (Å²) in [5, 5.41) is 5.60. The second-order valence-corrected chi connectivity index (χ2v) is 11.7. The number of aryl methyl sites for hydroxylation is 1. The highest BCUT2D eigenvalue weighted by atomic mass is 35.5. The number of aromatic nitrogens is 2. The molecule has 1 heterocycles. The maximum absolute atomic E-state index is 13.5. The van der Waals surface area contributed by atoms with E-state index in [9.17, 15) is 8.42 Å². The molecule has 0 radical (unpaired) electrons. The molecular formula is C23H36ClN5O2S2. The molecule has 33 heavy (non-hydrogen) atoms. The summed E-state index contributed by atoms with van der Waals surface area (Å²) in [7, 11) is -1.84. The maximum atomic E-state index is 13.5. The van der Waals surface area contributed by atoms with Gasteiger partial charge in [-0.2, -0.15) is 9.40 Å². The van der Waals surface area contributed by atoms with Crippen LogP contribution < -0.4 is 4.80 Å². The molecule has 184 valence electrons. The molecule has 1 fully saturated rings. The summed E-state index contributed by atoms with van der Waals surface area (Å²) in [6, 6.07) is 5.49. The zero-order chi connectivity index (χ0) is 24.0. The highest BCUT2D eigenvalue weighted by molar-refractivity contribution is 7.89. The first kappa shape index (κ1) is 26.3. The van der Waals surface area contributed by atoms with Crippen molar-refractivity contribution >= 4 is 33.0 Å². The zero-order valence-corrected chi connectivity index (χ0v) is 22.5. The van der Waals surface area contributed by atoms with Crippen molar-refractivity contribution in [1.29, 1.82) is 0 Å². The smallest absolute Gasteiger partial charge is 0.244 e. The molecule has 0 N–H and O–H groups in total. The number of rotatable bonds is 10. The molecule has 7 nitrogen and oxygen atoms in total. The van der Waals surface area contributed by atoms with Gasteiger partial charge in [-0.25, -0.2) is 13.1 Å². The topological polar surface area (TPSA) is 70.8 Å². The fourth-order valence-electron chi connectivity index (χ4n) is 4.16. The number of hydrogen-bond donors (Lipinski definition) is 0. The van der Waals surface area contributed by atoms with Crippen LogP contribution in [0.4, 0.5) is 0 Å². The molecular weight excluding hydrogens is 478 g/mol. The van der Waals surface area contributed by atoms with Crippen molar-refractivity contribution in [2.24, 2.45) is 12.0 Å². The van der Waals surface area contributed by atoms with Crippen LogP contribution in [-0.4, -0.2) is 66.2 Å². The van der Waals surface area contributed by atoms with Gasteiger partial charge in [0.05, 0.1) is 11.1 Å². The summed E-state index contributed by atoms with van der Waals surface area (Å²) < 4.78 is 30.2. The van der Waals surface area contributed by atoms with Crippen molar-refractivity contribution in [2.75, 3.05) is 32.7 Å². The maximum Gasteiger partial charge on any atom is 0.244 e. The predicted octanol–water partition coefficient (Wildman–Crippen LogP) is 4.39. The summed E-state index contributed by atoms with van der Waals surface area (Å²) in [5.41, 5.74) is 0.739. The number of nitrogens with zero attached hydrogens (tertiary/aromatic N) is 5. The molecule has 1 saturated carbocycles. The van der Waals surface area contributed by atoms with Crippen LogP contribution in [0.1, 0.15) is 52.9 Å². The normalized spacial score (nSPS) is 16.3. The zero-order valence-electron chi connectivity index (χ0n) is 20.1. The minimum absolute atomic E-state index is 0.131. The monoisotopic (exact) mass is 513 g/mol. The molecule has 1 aliphatic carbocycles. The van der Waals surface area contributed by atoms with E-state index < -0.39 is 10.0 Å². The van der Waals surface area contributed by atoms with Gasteiger partial charge in [-0.3, -0.25) is 4.99 Å². The van der Waals surface area contributed by atoms with Crippen LogP contribution in [0.25, 0.3) is 10.6 Å². The number of sulfonamides is 1. The van der Waals surface area contributed by atoms with E-state index in [1.54, 1.807) is 16.8 Å². The third kappa shape index (κ3) is 6.45. The van der Waals surface area contributed by atoms with E-state index in [1.807, 2.05) is 20.0 Å². The Morgan fingerprint density at radius 3 is 2.45 bits per heavy atom. The second kappa shape index (κ2) is 11.9. The molecule has 1 aliphatic rings. The summed E-state index contributed by atoms with van der Waals surface area (Å²) >= 11 is 7.89. The highest BCUT2D eigenvalue weighted by Crippen LogP contribution is 2.30. The van der Waals surface area contributed by atoms with E-state index in [-0.39, 0.29) is 9.92 Å². The van der Waals surface area contributed by atoms with E-state index >= 15 is 0 Å². The molecule has 0 amide bonds. The van der Waals surface area contributed by atoms with Gasteiger partial charge in [0, 0.05) is 32.2 Å². The van der Waals surface area contributed by atoms with Gasteiger partial charge in [-0.05, 0) is 38.1 Å². The lowest BCUT2D eigenvalue weighted by atomic mass is 9.96. The Bertz CT molecular complexity index is 1090. The van der Waals surface area contributed by atoms with Gasteiger partial charge in [-0.15, -0.1) is 0 Å². The van der Waals surface area contributed by atoms with E-state index in [0.29, 0.717) is 25.7 Å². The summed E-state index contributed by atoms with van der Waals surface area (Å²) in [4.78, 5) is 8.12. The van der Waals surface area contributed by atoms with E-state index in [4.69, 9.17) is 16.6 Å². The minimum atomic E-state index is -3.73. The Morgan fingerprint density at radius 1 is 1.12 bits per heavy atom. The lowest BCUT2D eigenvalue weighted by Gasteiger charge is -2.25. The van der Waals surface area contributed by atoms with Crippen LogP contribution in [0.15, 0.2) is 28.1 Å². The summed E-state index contributed by atoms with van der Waals surface area (Å²) in [6.07, 6.45) is 5.99. The van der Waals surface area contributed by atoms with Gasteiger partial charge in [0.2, 0.25) is 14.8 Å². The molecule has 0 unspecified atom stereocenters. The molecule has 10 heteroatoms. The van der Waals surface area contributed by atoms with Crippen LogP contribution in [0.5, 0.6) is 0 Å². The minimum Gasteiger partial charge on any atom is -0.303 e. The van der Waals surface area contributed by atoms with Crippen LogP contribution >= 0.6 is 22.9 Å². The molecule has 2 aromatic rings. The standard InChI is InChI=1S/C23H36ClN5O2S2/c1-5-28(6-2)15-16-29(7-3)33(30,31)21-17-18(13-14-20(21)24)22-26-27(4)23(32-22)25-19-11-9-8-10-12-19/h13-14,17,19H,5-12,15-16H2,1-4H3/b25-23+. The van der Waals surface area contributed by atoms with Crippen molar-refractivity contribution in [1.82, 2.24) is 19.0 Å². The average Bonchev–Trinajstić information content (AvgIpc) is 3.17. The Kier molecular flexibility index (Phi) is 9.52. The molecule has 1 aromatic carbocycles. The van der Waals surface area contributed by atoms with E-state index in [1.165, 1.54) is 34.9 Å². The van der Waals surface area contributed by atoms with E-state index in [0.717, 1.165) is 41.3 Å². The number of halogens is 1. The van der Waals surface area contributed by atoms with Gasteiger partial charge in [0.1, 0.15) is 9.90 Å². The third-order valence-corrected chi connectivity index (χ3v) is 9.80. The van der Waals surface area contributed by atoms with Gasteiger partial charge in [0.15, 0.2) is 0 Å². The van der Waals surface area contributed by atoms with Gasteiger partial charge in [-0.1, -0.05) is 69.0 Å². The quantitative estimate of drug-likeness (QED) is 0.472. The van der Waals surface area contributed by atoms with Crippen molar-refractivity contribution < 1.29 is 8.42 Å². The number of likely N-dealkylation sites (N-methyl/N-ethyl adjacent to an activating group) is 2. The fourth-order valence-corrected chi connectivity index (χ4v) is 7.06. The van der Waals surface area contributed by atoms with Crippen molar-refractivity contribution in [3.8, 4) is 10.6 Å². The molecule has 0 atom stereocenters.